The van der Waals surface area contributed by atoms with Crippen molar-refractivity contribution in [1.29, 1.82) is 0 Å². The van der Waals surface area contributed by atoms with Gasteiger partial charge in [-0.05, 0) is 23.8 Å². The zero-order valence-corrected chi connectivity index (χ0v) is 11.5. The topological polar surface area (TPSA) is 83.9 Å². The van der Waals surface area contributed by atoms with E-state index in [0.717, 1.165) is 5.56 Å². The summed E-state index contributed by atoms with van der Waals surface area (Å²) in [5.74, 6) is -1.51. The Kier molecular flexibility index (Phi) is 4.37. The summed E-state index contributed by atoms with van der Waals surface area (Å²) in [6, 6.07) is 7.08. The Balaban J connectivity index is 2.12. The van der Waals surface area contributed by atoms with Gasteiger partial charge in [0.2, 0.25) is 5.78 Å². The first-order chi connectivity index (χ1) is 10.0. The third-order valence-corrected chi connectivity index (χ3v) is 3.19. The van der Waals surface area contributed by atoms with Crippen molar-refractivity contribution in [2.75, 3.05) is 20.2 Å². The van der Waals surface area contributed by atoms with Crippen LogP contribution in [0.15, 0.2) is 29.8 Å². The molecule has 1 saturated heterocycles. The van der Waals surface area contributed by atoms with Crippen molar-refractivity contribution in [2.45, 2.75) is 6.42 Å². The second-order valence-electron chi connectivity index (χ2n) is 4.64. The van der Waals surface area contributed by atoms with Gasteiger partial charge in [0, 0.05) is 12.1 Å². The molecule has 0 radical (unpaired) electrons. The standard InChI is InChI=1S/C15H15NO5/c1-21-12-4-2-10(3-5-12)8-11-9-16(7-6-13(17)18)15(20)14(11)19/h2-5,8H,6-7,9H2,1H3,(H,17,18)/b11-8-. The maximum atomic E-state index is 11.9. The number of carbonyl (C=O) groups is 3. The Morgan fingerprint density at radius 1 is 1.33 bits per heavy atom. The molecule has 1 aliphatic heterocycles. The molecule has 0 bridgehead atoms. The molecule has 2 rings (SSSR count). The second-order valence-corrected chi connectivity index (χ2v) is 4.64. The highest BCUT2D eigenvalue weighted by atomic mass is 16.5. The lowest BCUT2D eigenvalue weighted by atomic mass is 10.1. The number of ketones is 1. The quantitative estimate of drug-likeness (QED) is 0.645. The van der Waals surface area contributed by atoms with Gasteiger partial charge in [0.05, 0.1) is 20.1 Å². The van der Waals surface area contributed by atoms with Crippen molar-refractivity contribution in [3.8, 4) is 5.75 Å². The Morgan fingerprint density at radius 3 is 2.57 bits per heavy atom. The van der Waals surface area contributed by atoms with Gasteiger partial charge < -0.3 is 14.7 Å². The number of nitrogens with zero attached hydrogens (tertiary/aromatic N) is 1. The third-order valence-electron chi connectivity index (χ3n) is 3.19. The molecule has 0 spiro atoms. The van der Waals surface area contributed by atoms with Crippen molar-refractivity contribution < 1.29 is 24.2 Å². The molecule has 1 amide bonds. The summed E-state index contributed by atoms with van der Waals surface area (Å²) in [4.78, 5) is 35.4. The lowest BCUT2D eigenvalue weighted by Gasteiger charge is -2.11. The first kappa shape index (κ1) is 14.8. The molecular weight excluding hydrogens is 274 g/mol. The molecule has 1 heterocycles. The minimum atomic E-state index is -0.997. The van der Waals surface area contributed by atoms with E-state index < -0.39 is 17.7 Å². The molecular formula is C15H15NO5. The summed E-state index contributed by atoms with van der Waals surface area (Å²) in [6.45, 7) is 0.191. The Labute approximate surface area is 121 Å². The van der Waals surface area contributed by atoms with Crippen LogP contribution in [-0.2, 0) is 14.4 Å². The van der Waals surface area contributed by atoms with Gasteiger partial charge in [-0.1, -0.05) is 12.1 Å². The van der Waals surface area contributed by atoms with Crippen LogP contribution in [0.1, 0.15) is 12.0 Å². The molecule has 0 unspecified atom stereocenters. The number of amides is 1. The summed E-state index contributed by atoms with van der Waals surface area (Å²) < 4.78 is 5.04. The van der Waals surface area contributed by atoms with Crippen LogP contribution < -0.4 is 4.74 Å². The minimum Gasteiger partial charge on any atom is -0.497 e. The number of carboxylic acid groups (broad SMARTS) is 1. The number of hydrogen-bond donors (Lipinski definition) is 1. The Bertz CT molecular complexity index is 603. The molecule has 1 aliphatic rings. The molecule has 0 saturated carbocycles. The predicted molar refractivity (Wildman–Crippen MR) is 74.8 cm³/mol. The molecule has 110 valence electrons. The smallest absolute Gasteiger partial charge is 0.305 e. The highest BCUT2D eigenvalue weighted by molar-refractivity contribution is 6.46. The number of benzene rings is 1. The zero-order valence-electron chi connectivity index (χ0n) is 11.5. The summed E-state index contributed by atoms with van der Waals surface area (Å²) in [5, 5.41) is 8.63. The molecule has 1 aromatic rings. The van der Waals surface area contributed by atoms with E-state index in [2.05, 4.69) is 0 Å². The maximum Gasteiger partial charge on any atom is 0.305 e. The van der Waals surface area contributed by atoms with Crippen molar-refractivity contribution in [1.82, 2.24) is 4.90 Å². The van der Waals surface area contributed by atoms with Crippen LogP contribution in [0.4, 0.5) is 0 Å². The largest absolute Gasteiger partial charge is 0.497 e. The Morgan fingerprint density at radius 2 is 2.00 bits per heavy atom. The highest BCUT2D eigenvalue weighted by Crippen LogP contribution is 2.19. The highest BCUT2D eigenvalue weighted by Gasteiger charge is 2.33. The fourth-order valence-corrected chi connectivity index (χ4v) is 2.05. The van der Waals surface area contributed by atoms with E-state index in [4.69, 9.17) is 9.84 Å². The monoisotopic (exact) mass is 289 g/mol. The maximum absolute atomic E-state index is 11.9. The third kappa shape index (κ3) is 3.47. The second kappa shape index (κ2) is 6.21. The fourth-order valence-electron chi connectivity index (χ4n) is 2.05. The number of likely N-dealkylation sites (tertiary alicyclic amines) is 1. The van der Waals surface area contributed by atoms with Crippen molar-refractivity contribution >= 4 is 23.7 Å². The van der Waals surface area contributed by atoms with Crippen molar-refractivity contribution in [2.24, 2.45) is 0 Å². The van der Waals surface area contributed by atoms with Gasteiger partial charge in [0.25, 0.3) is 5.91 Å². The van der Waals surface area contributed by atoms with E-state index in [1.807, 2.05) is 0 Å². The van der Waals surface area contributed by atoms with E-state index in [1.165, 1.54) is 4.90 Å². The first-order valence-corrected chi connectivity index (χ1v) is 6.41. The average Bonchev–Trinajstić information content (AvgIpc) is 2.74. The molecule has 6 nitrogen and oxygen atoms in total. The lowest BCUT2D eigenvalue weighted by molar-refractivity contribution is -0.141. The molecule has 0 atom stereocenters. The van der Waals surface area contributed by atoms with Gasteiger partial charge >= 0.3 is 5.97 Å². The van der Waals surface area contributed by atoms with Gasteiger partial charge in [-0.3, -0.25) is 14.4 Å². The normalized spacial score (nSPS) is 16.6. The lowest BCUT2D eigenvalue weighted by Crippen LogP contribution is -2.29. The number of methoxy groups -OCH3 is 1. The van der Waals surface area contributed by atoms with E-state index in [1.54, 1.807) is 37.5 Å². The van der Waals surface area contributed by atoms with Crippen LogP contribution in [0.2, 0.25) is 0 Å². The van der Waals surface area contributed by atoms with E-state index in [9.17, 15) is 14.4 Å². The first-order valence-electron chi connectivity index (χ1n) is 6.41. The molecule has 21 heavy (non-hydrogen) atoms. The summed E-state index contributed by atoms with van der Waals surface area (Å²) in [7, 11) is 1.56. The van der Waals surface area contributed by atoms with Gasteiger partial charge in [0.1, 0.15) is 5.75 Å². The van der Waals surface area contributed by atoms with E-state index >= 15 is 0 Å². The van der Waals surface area contributed by atoms with Crippen LogP contribution >= 0.6 is 0 Å². The van der Waals surface area contributed by atoms with Crippen molar-refractivity contribution in [3.05, 3.63) is 35.4 Å². The molecule has 6 heteroatoms. The molecule has 1 N–H and O–H groups in total. The zero-order chi connectivity index (χ0) is 15.4. The fraction of sp³-hybridized carbons (Fsp3) is 0.267. The number of Topliss-reactive ketones (excluding diaryl/α,β-unsaturated/α-hetero) is 1. The molecule has 0 aliphatic carbocycles. The number of carboxylic acids is 1. The number of rotatable bonds is 5. The SMILES string of the molecule is COc1ccc(/C=C2/CN(CCC(=O)O)C(=O)C2=O)cc1. The van der Waals surface area contributed by atoms with E-state index in [-0.39, 0.29) is 19.5 Å². The number of aliphatic carboxylic acids is 1. The van der Waals surface area contributed by atoms with Crippen LogP contribution in [0.3, 0.4) is 0 Å². The predicted octanol–water partition coefficient (Wildman–Crippen LogP) is 0.965. The summed E-state index contributed by atoms with van der Waals surface area (Å²) >= 11 is 0. The van der Waals surface area contributed by atoms with Crippen LogP contribution in [0, 0.1) is 0 Å². The number of carbonyl (C=O) groups excluding carboxylic acids is 2. The van der Waals surface area contributed by atoms with E-state index in [0.29, 0.717) is 11.3 Å². The summed E-state index contributed by atoms with van der Waals surface area (Å²) in [5.41, 5.74) is 1.16. The van der Waals surface area contributed by atoms with Crippen LogP contribution in [0.5, 0.6) is 5.75 Å². The number of ether oxygens (including phenoxy) is 1. The molecule has 0 aromatic heterocycles. The Hall–Kier alpha value is -2.63. The van der Waals surface area contributed by atoms with Gasteiger partial charge in [-0.25, -0.2) is 0 Å². The van der Waals surface area contributed by atoms with Crippen molar-refractivity contribution in [3.63, 3.8) is 0 Å². The van der Waals surface area contributed by atoms with Crippen LogP contribution in [0.25, 0.3) is 6.08 Å². The molecule has 1 fully saturated rings. The average molecular weight is 289 g/mol. The minimum absolute atomic E-state index is 0.0415. The number of hydrogen-bond acceptors (Lipinski definition) is 4. The molecule has 1 aromatic carbocycles. The van der Waals surface area contributed by atoms with Gasteiger partial charge in [-0.15, -0.1) is 0 Å². The summed E-state index contributed by atoms with van der Waals surface area (Å²) in [6.07, 6.45) is 1.47. The van der Waals surface area contributed by atoms with Gasteiger partial charge in [0.15, 0.2) is 0 Å². The van der Waals surface area contributed by atoms with Gasteiger partial charge in [-0.2, -0.15) is 0 Å². The van der Waals surface area contributed by atoms with Crippen LogP contribution in [-0.4, -0.2) is 47.9 Å².